The van der Waals surface area contributed by atoms with E-state index in [1.54, 1.807) is 0 Å². The number of rotatable bonds is 4. The van der Waals surface area contributed by atoms with Crippen LogP contribution in [0.4, 0.5) is 0 Å². The van der Waals surface area contributed by atoms with Crippen molar-refractivity contribution in [1.29, 1.82) is 0 Å². The Balaban J connectivity index is 1.95. The second-order valence-corrected chi connectivity index (χ2v) is 4.31. The predicted octanol–water partition coefficient (Wildman–Crippen LogP) is 2.39. The number of H-pyrrole nitrogens is 1. The topological polar surface area (TPSA) is 57.8 Å². The lowest BCUT2D eigenvalue weighted by atomic mass is 10.1. The van der Waals surface area contributed by atoms with E-state index in [1.807, 2.05) is 31.2 Å². The Morgan fingerprint density at radius 1 is 1.33 bits per heavy atom. The average Bonchev–Trinajstić information content (AvgIpc) is 2.83. The van der Waals surface area contributed by atoms with Crippen LogP contribution in [0.25, 0.3) is 0 Å². The fourth-order valence-corrected chi connectivity index (χ4v) is 1.78. The molecule has 0 aliphatic heterocycles. The van der Waals surface area contributed by atoms with Crippen LogP contribution in [0.3, 0.4) is 0 Å². The van der Waals surface area contributed by atoms with Crippen LogP contribution >= 0.6 is 11.6 Å². The van der Waals surface area contributed by atoms with Crippen molar-refractivity contribution >= 4 is 17.5 Å². The second kappa shape index (κ2) is 5.69. The fourth-order valence-electron chi connectivity index (χ4n) is 1.60. The van der Waals surface area contributed by atoms with Gasteiger partial charge < -0.3 is 5.32 Å². The van der Waals surface area contributed by atoms with E-state index in [9.17, 15) is 4.79 Å². The summed E-state index contributed by atoms with van der Waals surface area (Å²) >= 11 is 5.71. The highest BCUT2D eigenvalue weighted by molar-refractivity contribution is 6.17. The molecule has 1 heterocycles. The van der Waals surface area contributed by atoms with Crippen LogP contribution in [0, 0.1) is 6.92 Å². The van der Waals surface area contributed by atoms with Gasteiger partial charge in [0.05, 0.1) is 11.8 Å². The first-order chi connectivity index (χ1) is 8.70. The van der Waals surface area contributed by atoms with Gasteiger partial charge >= 0.3 is 0 Å². The van der Waals surface area contributed by atoms with Gasteiger partial charge in [-0.1, -0.05) is 24.3 Å². The van der Waals surface area contributed by atoms with E-state index in [0.717, 1.165) is 16.8 Å². The molecule has 1 aromatic heterocycles. The van der Waals surface area contributed by atoms with E-state index in [4.69, 9.17) is 11.6 Å². The summed E-state index contributed by atoms with van der Waals surface area (Å²) in [6.45, 7) is 2.31. The summed E-state index contributed by atoms with van der Waals surface area (Å²) in [6.07, 6.45) is 1.53. The molecule has 0 saturated carbocycles. The molecular formula is C13H14ClN3O. The van der Waals surface area contributed by atoms with Crippen LogP contribution in [-0.2, 0) is 12.4 Å². The summed E-state index contributed by atoms with van der Waals surface area (Å²) in [7, 11) is 0. The molecule has 0 radical (unpaired) electrons. The number of hydrogen-bond donors (Lipinski definition) is 2. The lowest BCUT2D eigenvalue weighted by Gasteiger charge is -2.05. The summed E-state index contributed by atoms with van der Waals surface area (Å²) in [4.78, 5) is 11.8. The Hall–Kier alpha value is -1.81. The maximum Gasteiger partial charge on any atom is 0.255 e. The number of carbonyl (C=O) groups is 1. The summed E-state index contributed by atoms with van der Waals surface area (Å²) in [6, 6.07) is 7.83. The summed E-state index contributed by atoms with van der Waals surface area (Å²) < 4.78 is 0. The maximum absolute atomic E-state index is 11.8. The number of nitrogens with one attached hydrogen (secondary N) is 2. The molecule has 18 heavy (non-hydrogen) atoms. The predicted molar refractivity (Wildman–Crippen MR) is 70.5 cm³/mol. The van der Waals surface area contributed by atoms with Crippen LogP contribution in [0.15, 0.2) is 30.5 Å². The molecule has 0 bridgehead atoms. The van der Waals surface area contributed by atoms with E-state index >= 15 is 0 Å². The third kappa shape index (κ3) is 2.90. The molecule has 0 fully saturated rings. The maximum atomic E-state index is 11.8. The highest BCUT2D eigenvalue weighted by atomic mass is 35.5. The van der Waals surface area contributed by atoms with Crippen molar-refractivity contribution in [2.75, 3.05) is 0 Å². The molecule has 0 aliphatic rings. The monoisotopic (exact) mass is 263 g/mol. The smallest absolute Gasteiger partial charge is 0.255 e. The Bertz CT molecular complexity index is 533. The van der Waals surface area contributed by atoms with Gasteiger partial charge in [-0.2, -0.15) is 5.10 Å². The van der Waals surface area contributed by atoms with Gasteiger partial charge in [-0.3, -0.25) is 9.89 Å². The van der Waals surface area contributed by atoms with Crippen LogP contribution in [0.5, 0.6) is 0 Å². The molecule has 0 aliphatic carbocycles. The third-order valence-corrected chi connectivity index (χ3v) is 3.01. The molecule has 4 nitrogen and oxygen atoms in total. The molecule has 1 aromatic carbocycles. The van der Waals surface area contributed by atoms with Gasteiger partial charge in [0, 0.05) is 18.1 Å². The SMILES string of the molecule is Cc1[nH]ncc1C(=O)NCc1ccc(CCl)cc1. The molecule has 2 rings (SSSR count). The summed E-state index contributed by atoms with van der Waals surface area (Å²) in [5, 5.41) is 9.40. The number of alkyl halides is 1. The number of benzene rings is 1. The van der Waals surface area contributed by atoms with Crippen LogP contribution < -0.4 is 5.32 Å². The second-order valence-electron chi connectivity index (χ2n) is 4.04. The van der Waals surface area contributed by atoms with Crippen molar-refractivity contribution in [3.05, 3.63) is 52.8 Å². The normalized spacial score (nSPS) is 10.3. The number of nitrogens with zero attached hydrogens (tertiary/aromatic N) is 1. The Morgan fingerprint density at radius 2 is 2.00 bits per heavy atom. The van der Waals surface area contributed by atoms with E-state index in [1.165, 1.54) is 6.20 Å². The molecule has 1 amide bonds. The van der Waals surface area contributed by atoms with Crippen molar-refractivity contribution in [2.45, 2.75) is 19.3 Å². The summed E-state index contributed by atoms with van der Waals surface area (Å²) in [5.41, 5.74) is 3.45. The highest BCUT2D eigenvalue weighted by Crippen LogP contribution is 2.07. The average molecular weight is 264 g/mol. The van der Waals surface area contributed by atoms with Gasteiger partial charge in [0.1, 0.15) is 0 Å². The highest BCUT2D eigenvalue weighted by Gasteiger charge is 2.09. The van der Waals surface area contributed by atoms with Crippen LogP contribution in [0.1, 0.15) is 27.2 Å². The molecule has 2 aromatic rings. The van der Waals surface area contributed by atoms with Crippen molar-refractivity contribution < 1.29 is 4.79 Å². The quantitative estimate of drug-likeness (QED) is 0.832. The zero-order valence-corrected chi connectivity index (χ0v) is 10.8. The zero-order valence-electron chi connectivity index (χ0n) is 10.0. The molecule has 5 heteroatoms. The van der Waals surface area contributed by atoms with Gasteiger partial charge in [0.25, 0.3) is 5.91 Å². The van der Waals surface area contributed by atoms with Gasteiger partial charge in [-0.15, -0.1) is 11.6 Å². The molecule has 94 valence electrons. The molecule has 0 saturated heterocycles. The van der Waals surface area contributed by atoms with Crippen molar-refractivity contribution in [3.63, 3.8) is 0 Å². The zero-order chi connectivity index (χ0) is 13.0. The number of aromatic nitrogens is 2. The molecular weight excluding hydrogens is 250 g/mol. The first kappa shape index (κ1) is 12.6. The molecule has 0 unspecified atom stereocenters. The van der Waals surface area contributed by atoms with E-state index in [-0.39, 0.29) is 5.91 Å². The summed E-state index contributed by atoms with van der Waals surface area (Å²) in [5.74, 6) is 0.378. The number of aromatic amines is 1. The van der Waals surface area contributed by atoms with Gasteiger partial charge in [0.2, 0.25) is 0 Å². The Kier molecular flexibility index (Phi) is 3.99. The minimum absolute atomic E-state index is 0.123. The first-order valence-electron chi connectivity index (χ1n) is 5.62. The fraction of sp³-hybridized carbons (Fsp3) is 0.231. The van der Waals surface area contributed by atoms with Gasteiger partial charge in [-0.05, 0) is 18.1 Å². The number of aryl methyl sites for hydroxylation is 1. The number of carbonyl (C=O) groups excluding carboxylic acids is 1. The van der Waals surface area contributed by atoms with Crippen LogP contribution in [-0.4, -0.2) is 16.1 Å². The van der Waals surface area contributed by atoms with Crippen LogP contribution in [0.2, 0.25) is 0 Å². The molecule has 0 spiro atoms. The van der Waals surface area contributed by atoms with Gasteiger partial charge in [-0.25, -0.2) is 0 Å². The van der Waals surface area contributed by atoms with Gasteiger partial charge in [0.15, 0.2) is 0 Å². The number of amides is 1. The lowest BCUT2D eigenvalue weighted by molar-refractivity contribution is 0.0950. The molecule has 2 N–H and O–H groups in total. The number of hydrogen-bond acceptors (Lipinski definition) is 2. The van der Waals surface area contributed by atoms with E-state index in [2.05, 4.69) is 15.5 Å². The number of halogens is 1. The Morgan fingerprint density at radius 3 is 2.56 bits per heavy atom. The minimum Gasteiger partial charge on any atom is -0.348 e. The van der Waals surface area contributed by atoms with E-state index < -0.39 is 0 Å². The largest absolute Gasteiger partial charge is 0.348 e. The standard InChI is InChI=1S/C13H14ClN3O/c1-9-12(8-16-17-9)13(18)15-7-11-4-2-10(6-14)3-5-11/h2-5,8H,6-7H2,1H3,(H,15,18)(H,16,17). The van der Waals surface area contributed by atoms with Crippen molar-refractivity contribution in [1.82, 2.24) is 15.5 Å². The minimum atomic E-state index is -0.123. The first-order valence-corrected chi connectivity index (χ1v) is 6.16. The molecule has 0 atom stereocenters. The lowest BCUT2D eigenvalue weighted by Crippen LogP contribution is -2.23. The van der Waals surface area contributed by atoms with Crippen molar-refractivity contribution in [2.24, 2.45) is 0 Å². The third-order valence-electron chi connectivity index (χ3n) is 2.70. The Labute approximate surface area is 110 Å². The van der Waals surface area contributed by atoms with Crippen molar-refractivity contribution in [3.8, 4) is 0 Å². The van der Waals surface area contributed by atoms with E-state index in [0.29, 0.717) is 18.0 Å².